The van der Waals surface area contributed by atoms with Crippen LogP contribution in [0.2, 0.25) is 0 Å². The first-order valence-corrected chi connectivity index (χ1v) is 6.79. The summed E-state index contributed by atoms with van der Waals surface area (Å²) in [5.74, 6) is 0. The van der Waals surface area contributed by atoms with Gasteiger partial charge in [-0.05, 0) is 50.3 Å². The third-order valence-corrected chi connectivity index (χ3v) is 4.00. The molecule has 1 fully saturated rings. The van der Waals surface area contributed by atoms with Crippen LogP contribution in [0.1, 0.15) is 11.1 Å². The molecule has 0 amide bonds. The van der Waals surface area contributed by atoms with Gasteiger partial charge >= 0.3 is 0 Å². The fourth-order valence-corrected chi connectivity index (χ4v) is 2.38. The summed E-state index contributed by atoms with van der Waals surface area (Å²) in [4.78, 5) is 4.58. The van der Waals surface area contributed by atoms with E-state index in [1.165, 1.54) is 11.1 Å². The average Bonchev–Trinajstić information content (AvgIpc) is 2.36. The molecule has 1 saturated heterocycles. The summed E-state index contributed by atoms with van der Waals surface area (Å²) < 4.78 is 0. The Labute approximate surface area is 115 Å². The number of benzene rings is 1. The van der Waals surface area contributed by atoms with Crippen LogP contribution in [0.15, 0.2) is 18.2 Å². The summed E-state index contributed by atoms with van der Waals surface area (Å²) in [6, 6.07) is 6.28. The second-order valence-electron chi connectivity index (χ2n) is 4.97. The molecule has 18 heavy (non-hydrogen) atoms. The van der Waals surface area contributed by atoms with Crippen LogP contribution in [0, 0.1) is 13.8 Å². The van der Waals surface area contributed by atoms with Crippen molar-refractivity contribution < 1.29 is 0 Å². The Morgan fingerprint density at radius 3 is 2.50 bits per heavy atom. The zero-order valence-corrected chi connectivity index (χ0v) is 12.2. The lowest BCUT2D eigenvalue weighted by Gasteiger charge is -2.34. The molecule has 4 heteroatoms. The predicted octanol–water partition coefficient (Wildman–Crippen LogP) is 2.25. The van der Waals surface area contributed by atoms with Crippen molar-refractivity contribution in [1.82, 2.24) is 9.80 Å². The summed E-state index contributed by atoms with van der Waals surface area (Å²) >= 11 is 5.49. The lowest BCUT2D eigenvalue weighted by Crippen LogP contribution is -2.48. The van der Waals surface area contributed by atoms with E-state index in [-0.39, 0.29) is 0 Å². The number of thiocarbonyl (C=S) groups is 1. The van der Waals surface area contributed by atoms with Crippen LogP contribution >= 0.6 is 12.2 Å². The summed E-state index contributed by atoms with van der Waals surface area (Å²) in [7, 11) is 2.15. The summed E-state index contributed by atoms with van der Waals surface area (Å²) in [6.45, 7) is 8.42. The van der Waals surface area contributed by atoms with Crippen molar-refractivity contribution >= 4 is 23.0 Å². The minimum Gasteiger partial charge on any atom is -0.346 e. The Bertz CT molecular complexity index is 437. The molecule has 98 valence electrons. The van der Waals surface area contributed by atoms with Crippen LogP contribution in [0.4, 0.5) is 5.69 Å². The van der Waals surface area contributed by atoms with E-state index in [1.807, 2.05) is 0 Å². The number of aryl methyl sites for hydroxylation is 1. The molecule has 1 aliphatic rings. The lowest BCUT2D eigenvalue weighted by molar-refractivity contribution is 0.217. The molecular formula is C14H21N3S. The summed E-state index contributed by atoms with van der Waals surface area (Å²) in [5, 5.41) is 4.22. The van der Waals surface area contributed by atoms with Crippen LogP contribution < -0.4 is 5.32 Å². The fraction of sp³-hybridized carbons (Fsp3) is 0.500. The minimum absolute atomic E-state index is 0.844. The van der Waals surface area contributed by atoms with E-state index in [0.717, 1.165) is 37.0 Å². The van der Waals surface area contributed by atoms with Gasteiger partial charge in [-0.2, -0.15) is 0 Å². The molecule has 1 aromatic rings. The molecule has 0 bridgehead atoms. The van der Waals surface area contributed by atoms with Gasteiger partial charge in [-0.1, -0.05) is 12.1 Å². The summed E-state index contributed by atoms with van der Waals surface area (Å²) in [5.41, 5.74) is 3.69. The highest BCUT2D eigenvalue weighted by molar-refractivity contribution is 7.80. The zero-order chi connectivity index (χ0) is 13.1. The molecule has 0 aliphatic carbocycles. The molecule has 0 atom stereocenters. The van der Waals surface area contributed by atoms with Gasteiger partial charge in [0.15, 0.2) is 5.11 Å². The lowest BCUT2D eigenvalue weighted by atomic mass is 10.1. The smallest absolute Gasteiger partial charge is 0.173 e. The zero-order valence-electron chi connectivity index (χ0n) is 11.4. The Balaban J connectivity index is 2.01. The topological polar surface area (TPSA) is 18.5 Å². The molecule has 1 N–H and O–H groups in total. The molecule has 3 nitrogen and oxygen atoms in total. The Hall–Kier alpha value is -1.13. The van der Waals surface area contributed by atoms with Gasteiger partial charge in [0.05, 0.1) is 0 Å². The Morgan fingerprint density at radius 1 is 1.17 bits per heavy atom. The highest BCUT2D eigenvalue weighted by Gasteiger charge is 2.16. The van der Waals surface area contributed by atoms with Gasteiger partial charge in [-0.3, -0.25) is 0 Å². The maximum absolute atomic E-state index is 5.49. The van der Waals surface area contributed by atoms with Gasteiger partial charge in [-0.25, -0.2) is 0 Å². The van der Waals surface area contributed by atoms with E-state index >= 15 is 0 Å². The molecular weight excluding hydrogens is 242 g/mol. The van der Waals surface area contributed by atoms with Crippen molar-refractivity contribution in [2.75, 3.05) is 38.5 Å². The average molecular weight is 263 g/mol. The second kappa shape index (κ2) is 5.67. The Morgan fingerprint density at radius 2 is 1.83 bits per heavy atom. The normalized spacial score (nSPS) is 16.7. The standard InChI is InChI=1S/C14H21N3S/c1-11-5-4-6-13(12(11)2)15-14(18)17-9-7-16(3)8-10-17/h4-6H,7-10H2,1-3H3,(H,15,18). The molecule has 1 aromatic carbocycles. The first kappa shape index (κ1) is 13.3. The van der Waals surface area contributed by atoms with E-state index in [9.17, 15) is 0 Å². The molecule has 1 heterocycles. The first-order chi connectivity index (χ1) is 8.58. The molecule has 1 aliphatic heterocycles. The molecule has 0 aromatic heterocycles. The summed E-state index contributed by atoms with van der Waals surface area (Å²) in [6.07, 6.45) is 0. The van der Waals surface area contributed by atoms with Crippen LogP contribution in [0.5, 0.6) is 0 Å². The monoisotopic (exact) mass is 263 g/mol. The molecule has 0 unspecified atom stereocenters. The van der Waals surface area contributed by atoms with E-state index in [4.69, 9.17) is 12.2 Å². The maximum atomic E-state index is 5.49. The minimum atomic E-state index is 0.844. The highest BCUT2D eigenvalue weighted by Crippen LogP contribution is 2.18. The number of anilines is 1. The molecule has 0 saturated carbocycles. The van der Waals surface area contributed by atoms with Crippen molar-refractivity contribution in [3.8, 4) is 0 Å². The number of nitrogens with zero attached hydrogens (tertiary/aromatic N) is 2. The number of piperazine rings is 1. The number of hydrogen-bond acceptors (Lipinski definition) is 2. The number of rotatable bonds is 1. The molecule has 2 rings (SSSR count). The second-order valence-corrected chi connectivity index (χ2v) is 5.35. The van der Waals surface area contributed by atoms with Gasteiger partial charge in [0.1, 0.15) is 0 Å². The van der Waals surface area contributed by atoms with E-state index < -0.39 is 0 Å². The van der Waals surface area contributed by atoms with E-state index in [2.05, 4.69) is 54.2 Å². The van der Waals surface area contributed by atoms with Gasteiger partial charge in [0, 0.05) is 31.9 Å². The molecule has 0 radical (unpaired) electrons. The quantitative estimate of drug-likeness (QED) is 0.783. The van der Waals surface area contributed by atoms with Gasteiger partial charge in [0.25, 0.3) is 0 Å². The number of hydrogen-bond donors (Lipinski definition) is 1. The Kier molecular flexibility index (Phi) is 4.19. The third-order valence-electron chi connectivity index (χ3n) is 3.64. The van der Waals surface area contributed by atoms with Crippen molar-refractivity contribution in [3.05, 3.63) is 29.3 Å². The van der Waals surface area contributed by atoms with Crippen molar-refractivity contribution in [2.24, 2.45) is 0 Å². The van der Waals surface area contributed by atoms with Crippen LogP contribution in [0.25, 0.3) is 0 Å². The van der Waals surface area contributed by atoms with Gasteiger partial charge < -0.3 is 15.1 Å². The van der Waals surface area contributed by atoms with Gasteiger partial charge in [0.2, 0.25) is 0 Å². The first-order valence-electron chi connectivity index (χ1n) is 6.38. The number of nitrogens with one attached hydrogen (secondary N) is 1. The van der Waals surface area contributed by atoms with E-state index in [1.54, 1.807) is 0 Å². The third kappa shape index (κ3) is 3.00. The fourth-order valence-electron chi connectivity index (χ4n) is 2.09. The van der Waals surface area contributed by atoms with Crippen molar-refractivity contribution in [2.45, 2.75) is 13.8 Å². The van der Waals surface area contributed by atoms with Crippen LogP contribution in [0.3, 0.4) is 0 Å². The number of likely N-dealkylation sites (N-methyl/N-ethyl adjacent to an activating group) is 1. The van der Waals surface area contributed by atoms with Crippen LogP contribution in [-0.4, -0.2) is 48.1 Å². The predicted molar refractivity (Wildman–Crippen MR) is 81.2 cm³/mol. The maximum Gasteiger partial charge on any atom is 0.173 e. The highest BCUT2D eigenvalue weighted by atomic mass is 32.1. The largest absolute Gasteiger partial charge is 0.346 e. The van der Waals surface area contributed by atoms with Crippen molar-refractivity contribution in [3.63, 3.8) is 0 Å². The van der Waals surface area contributed by atoms with Gasteiger partial charge in [-0.15, -0.1) is 0 Å². The SMILES string of the molecule is Cc1cccc(NC(=S)N2CCN(C)CC2)c1C. The van der Waals surface area contributed by atoms with Crippen molar-refractivity contribution in [1.29, 1.82) is 0 Å². The van der Waals surface area contributed by atoms with E-state index in [0.29, 0.717) is 0 Å². The van der Waals surface area contributed by atoms with Crippen LogP contribution in [-0.2, 0) is 0 Å². The molecule has 0 spiro atoms.